The van der Waals surface area contributed by atoms with Crippen molar-refractivity contribution < 1.29 is 14.3 Å². The third-order valence-electron chi connectivity index (χ3n) is 5.88. The maximum absolute atomic E-state index is 13.5. The SMILES string of the molecule is CCCOc1cc2c(cc1OC)CC(=O)N(c1ccc(N(C)C)cc1)C2c1ccc(Cl)cc1. The summed E-state index contributed by atoms with van der Waals surface area (Å²) in [5.74, 6) is 1.37. The fourth-order valence-electron chi connectivity index (χ4n) is 4.22. The second-order valence-electron chi connectivity index (χ2n) is 8.36. The van der Waals surface area contributed by atoms with Gasteiger partial charge >= 0.3 is 0 Å². The number of benzene rings is 3. The molecule has 6 heteroatoms. The molecule has 4 rings (SSSR count). The molecule has 3 aromatic rings. The molecule has 0 bridgehead atoms. The lowest BCUT2D eigenvalue weighted by atomic mass is 9.87. The molecule has 5 nitrogen and oxygen atoms in total. The fraction of sp³-hybridized carbons (Fsp3) is 0.296. The zero-order chi connectivity index (χ0) is 23.5. The number of halogens is 1. The van der Waals surface area contributed by atoms with Crippen LogP contribution in [0.15, 0.2) is 60.7 Å². The van der Waals surface area contributed by atoms with Crippen molar-refractivity contribution in [1.82, 2.24) is 0 Å². The molecule has 0 spiro atoms. The Hall–Kier alpha value is -3.18. The molecule has 172 valence electrons. The number of carbonyl (C=O) groups excluding carboxylic acids is 1. The molecule has 0 N–H and O–H groups in total. The highest BCUT2D eigenvalue weighted by Crippen LogP contribution is 2.43. The zero-order valence-corrected chi connectivity index (χ0v) is 20.2. The van der Waals surface area contributed by atoms with Gasteiger partial charge in [-0.15, -0.1) is 0 Å². The minimum atomic E-state index is -0.307. The zero-order valence-electron chi connectivity index (χ0n) is 19.5. The lowest BCUT2D eigenvalue weighted by Gasteiger charge is -2.38. The highest BCUT2D eigenvalue weighted by molar-refractivity contribution is 6.30. The van der Waals surface area contributed by atoms with Gasteiger partial charge in [-0.3, -0.25) is 4.79 Å². The number of hydrogen-bond acceptors (Lipinski definition) is 4. The molecule has 0 saturated heterocycles. The Kier molecular flexibility index (Phi) is 6.80. The molecule has 0 saturated carbocycles. The van der Waals surface area contributed by atoms with Crippen molar-refractivity contribution in [3.63, 3.8) is 0 Å². The van der Waals surface area contributed by atoms with Crippen LogP contribution in [0.25, 0.3) is 0 Å². The quantitative estimate of drug-likeness (QED) is 0.437. The van der Waals surface area contributed by atoms with E-state index in [0.29, 0.717) is 29.5 Å². The van der Waals surface area contributed by atoms with Crippen molar-refractivity contribution in [2.75, 3.05) is 37.6 Å². The molecular formula is C27H29ClN2O3. The average molecular weight is 465 g/mol. The summed E-state index contributed by atoms with van der Waals surface area (Å²) in [6.07, 6.45) is 1.18. The first-order valence-electron chi connectivity index (χ1n) is 11.1. The first kappa shape index (κ1) is 23.0. The predicted octanol–water partition coefficient (Wildman–Crippen LogP) is 5.88. The van der Waals surface area contributed by atoms with Crippen molar-refractivity contribution >= 4 is 28.9 Å². The summed E-state index contributed by atoms with van der Waals surface area (Å²) in [5.41, 5.74) is 4.88. The summed E-state index contributed by atoms with van der Waals surface area (Å²) in [6, 6.07) is 19.4. The van der Waals surface area contributed by atoms with Crippen LogP contribution in [-0.4, -0.2) is 33.7 Å². The second-order valence-corrected chi connectivity index (χ2v) is 8.79. The minimum absolute atomic E-state index is 0.0318. The normalized spacial score (nSPS) is 15.2. The van der Waals surface area contributed by atoms with Crippen LogP contribution in [0.3, 0.4) is 0 Å². The molecule has 0 aliphatic carbocycles. The maximum Gasteiger partial charge on any atom is 0.232 e. The van der Waals surface area contributed by atoms with Gasteiger partial charge in [0.1, 0.15) is 0 Å². The van der Waals surface area contributed by atoms with Gasteiger partial charge in [-0.25, -0.2) is 0 Å². The van der Waals surface area contributed by atoms with Gasteiger partial charge in [-0.2, -0.15) is 0 Å². The first-order valence-corrected chi connectivity index (χ1v) is 11.5. The average Bonchev–Trinajstić information content (AvgIpc) is 2.82. The number of amides is 1. The monoisotopic (exact) mass is 464 g/mol. The van der Waals surface area contributed by atoms with Crippen molar-refractivity contribution in [3.05, 3.63) is 82.4 Å². The van der Waals surface area contributed by atoms with Crippen LogP contribution < -0.4 is 19.3 Å². The number of methoxy groups -OCH3 is 1. The van der Waals surface area contributed by atoms with Gasteiger partial charge in [0.2, 0.25) is 5.91 Å². The smallest absolute Gasteiger partial charge is 0.232 e. The number of nitrogens with zero attached hydrogens (tertiary/aromatic N) is 2. The molecule has 0 fully saturated rings. The van der Waals surface area contributed by atoms with Crippen LogP contribution in [0.4, 0.5) is 11.4 Å². The van der Waals surface area contributed by atoms with Crippen LogP contribution in [0.5, 0.6) is 11.5 Å². The van der Waals surface area contributed by atoms with E-state index in [0.717, 1.165) is 34.5 Å². The summed E-state index contributed by atoms with van der Waals surface area (Å²) in [4.78, 5) is 17.4. The van der Waals surface area contributed by atoms with Gasteiger partial charge < -0.3 is 19.3 Å². The Balaban J connectivity index is 1.87. The molecule has 0 radical (unpaired) electrons. The molecule has 1 atom stereocenters. The number of ether oxygens (including phenoxy) is 2. The van der Waals surface area contributed by atoms with Crippen LogP contribution in [0.2, 0.25) is 5.02 Å². The van der Waals surface area contributed by atoms with Crippen molar-refractivity contribution in [2.45, 2.75) is 25.8 Å². The van der Waals surface area contributed by atoms with E-state index < -0.39 is 0 Å². The highest BCUT2D eigenvalue weighted by Gasteiger charge is 2.36. The standard InChI is InChI=1S/C27H29ClN2O3/c1-5-14-33-25-17-23-19(15-24(25)32-4)16-26(31)30(22-12-10-21(11-13-22)29(2)3)27(23)18-6-8-20(28)9-7-18/h6-13,15,17,27H,5,14,16H2,1-4H3. The number of anilines is 2. The molecular weight excluding hydrogens is 436 g/mol. The number of hydrogen-bond donors (Lipinski definition) is 0. The third kappa shape index (κ3) is 4.64. The summed E-state index contributed by atoms with van der Waals surface area (Å²) in [6.45, 7) is 2.66. The molecule has 33 heavy (non-hydrogen) atoms. The Morgan fingerprint density at radius 3 is 2.33 bits per heavy atom. The van der Waals surface area contributed by atoms with E-state index in [-0.39, 0.29) is 11.9 Å². The summed E-state index contributed by atoms with van der Waals surface area (Å²) < 4.78 is 11.6. The van der Waals surface area contributed by atoms with Crippen LogP contribution in [0, 0.1) is 0 Å². The molecule has 3 aromatic carbocycles. The van der Waals surface area contributed by atoms with Gasteiger partial charge in [0.05, 0.1) is 26.2 Å². The minimum Gasteiger partial charge on any atom is -0.493 e. The van der Waals surface area contributed by atoms with Gasteiger partial charge in [0.25, 0.3) is 0 Å². The van der Waals surface area contributed by atoms with Crippen LogP contribution >= 0.6 is 11.6 Å². The van der Waals surface area contributed by atoms with E-state index >= 15 is 0 Å². The van der Waals surface area contributed by atoms with Gasteiger partial charge in [-0.05, 0) is 71.6 Å². The Bertz CT molecular complexity index is 1130. The number of rotatable bonds is 7. The first-order chi connectivity index (χ1) is 15.9. The van der Waals surface area contributed by atoms with Crippen LogP contribution in [0.1, 0.15) is 36.1 Å². The summed E-state index contributed by atoms with van der Waals surface area (Å²) in [5, 5.41) is 0.657. The Morgan fingerprint density at radius 1 is 1.03 bits per heavy atom. The Labute approximate surface area is 200 Å². The van der Waals surface area contributed by atoms with Crippen molar-refractivity contribution in [1.29, 1.82) is 0 Å². The van der Waals surface area contributed by atoms with E-state index in [9.17, 15) is 4.79 Å². The van der Waals surface area contributed by atoms with E-state index in [2.05, 4.69) is 6.92 Å². The van der Waals surface area contributed by atoms with E-state index in [4.69, 9.17) is 21.1 Å². The molecule has 1 heterocycles. The number of carbonyl (C=O) groups is 1. The summed E-state index contributed by atoms with van der Waals surface area (Å²) >= 11 is 6.18. The van der Waals surface area contributed by atoms with Crippen molar-refractivity contribution in [2.24, 2.45) is 0 Å². The van der Waals surface area contributed by atoms with Crippen LogP contribution in [-0.2, 0) is 11.2 Å². The number of fused-ring (bicyclic) bond motifs is 1. The van der Waals surface area contributed by atoms with Crippen molar-refractivity contribution in [3.8, 4) is 11.5 Å². The molecule has 1 aliphatic heterocycles. The molecule has 1 amide bonds. The second kappa shape index (κ2) is 9.75. The summed E-state index contributed by atoms with van der Waals surface area (Å²) in [7, 11) is 5.62. The maximum atomic E-state index is 13.5. The fourth-order valence-corrected chi connectivity index (χ4v) is 4.35. The predicted molar refractivity (Wildman–Crippen MR) is 134 cm³/mol. The molecule has 1 unspecified atom stereocenters. The Morgan fingerprint density at radius 2 is 1.73 bits per heavy atom. The topological polar surface area (TPSA) is 42.0 Å². The molecule has 0 aromatic heterocycles. The lowest BCUT2D eigenvalue weighted by molar-refractivity contribution is -0.118. The van der Waals surface area contributed by atoms with Gasteiger partial charge in [-0.1, -0.05) is 30.7 Å². The van der Waals surface area contributed by atoms with Gasteiger partial charge in [0.15, 0.2) is 11.5 Å². The molecule has 1 aliphatic rings. The van der Waals surface area contributed by atoms with E-state index in [1.807, 2.05) is 84.6 Å². The van der Waals surface area contributed by atoms with E-state index in [1.165, 1.54) is 0 Å². The third-order valence-corrected chi connectivity index (χ3v) is 6.13. The highest BCUT2D eigenvalue weighted by atomic mass is 35.5. The largest absolute Gasteiger partial charge is 0.493 e. The van der Waals surface area contributed by atoms with E-state index in [1.54, 1.807) is 7.11 Å². The van der Waals surface area contributed by atoms with Gasteiger partial charge in [0, 0.05) is 30.5 Å². The lowest BCUT2D eigenvalue weighted by Crippen LogP contribution is -2.41.